The van der Waals surface area contributed by atoms with E-state index >= 15 is 0 Å². The zero-order valence-corrected chi connectivity index (χ0v) is 15.9. The van der Waals surface area contributed by atoms with Crippen molar-refractivity contribution in [3.63, 3.8) is 0 Å². The minimum atomic E-state index is -0.442. The molecule has 2 rings (SSSR count). The Hall–Kier alpha value is -1.34. The Morgan fingerprint density at radius 2 is 1.88 bits per heavy atom. The minimum Gasteiger partial charge on any atom is -0.469 e. The van der Waals surface area contributed by atoms with Gasteiger partial charge in [0.15, 0.2) is 0 Å². The molecular weight excluding hydrogens is 324 g/mol. The van der Waals surface area contributed by atoms with Crippen LogP contribution in [0, 0.1) is 5.92 Å². The first kappa shape index (κ1) is 20.0. The molecule has 0 aromatic carbocycles. The van der Waals surface area contributed by atoms with Gasteiger partial charge < -0.3 is 14.4 Å². The number of nitrogens with one attached hydrogen (secondary N) is 1. The normalized spacial score (nSPS) is 25.0. The molecule has 7 heteroatoms. The first-order valence-corrected chi connectivity index (χ1v) is 9.22. The van der Waals surface area contributed by atoms with Crippen LogP contribution in [0.4, 0.5) is 4.79 Å². The number of rotatable bonds is 5. The molecule has 2 aliphatic heterocycles. The predicted molar refractivity (Wildman–Crippen MR) is 92.8 cm³/mol. The van der Waals surface area contributed by atoms with Crippen LogP contribution < -0.4 is 5.48 Å². The summed E-state index contributed by atoms with van der Waals surface area (Å²) < 4.78 is 10.1. The van der Waals surface area contributed by atoms with Crippen molar-refractivity contribution < 1.29 is 23.9 Å². The number of ether oxygens (including phenoxy) is 2. The molecule has 25 heavy (non-hydrogen) atoms. The summed E-state index contributed by atoms with van der Waals surface area (Å²) in [7, 11) is 1.39. The van der Waals surface area contributed by atoms with Gasteiger partial charge in [-0.1, -0.05) is 0 Å². The van der Waals surface area contributed by atoms with Gasteiger partial charge >= 0.3 is 12.1 Å². The molecule has 2 aliphatic rings. The Morgan fingerprint density at radius 1 is 1.20 bits per heavy atom. The molecule has 1 N–H and O–H groups in total. The zero-order valence-electron chi connectivity index (χ0n) is 15.9. The predicted octanol–water partition coefficient (Wildman–Crippen LogP) is 2.64. The molecule has 0 unspecified atom stereocenters. The third-order valence-corrected chi connectivity index (χ3v) is 4.76. The van der Waals surface area contributed by atoms with Gasteiger partial charge in [0, 0.05) is 19.1 Å². The third kappa shape index (κ3) is 6.82. The molecule has 0 aromatic heterocycles. The lowest BCUT2D eigenvalue weighted by molar-refractivity contribution is -0.143. The lowest BCUT2D eigenvalue weighted by atomic mass is 9.90. The van der Waals surface area contributed by atoms with Gasteiger partial charge in [0.25, 0.3) is 0 Å². The zero-order chi connectivity index (χ0) is 18.4. The number of nitrogens with zero attached hydrogens (tertiary/aromatic N) is 1. The van der Waals surface area contributed by atoms with Gasteiger partial charge in [-0.3, -0.25) is 9.63 Å². The van der Waals surface area contributed by atoms with E-state index in [2.05, 4.69) is 10.2 Å². The van der Waals surface area contributed by atoms with Crippen LogP contribution in [0.1, 0.15) is 59.3 Å². The number of esters is 1. The van der Waals surface area contributed by atoms with Gasteiger partial charge in [0.1, 0.15) is 5.60 Å². The molecule has 0 saturated carbocycles. The van der Waals surface area contributed by atoms with E-state index in [4.69, 9.17) is 9.57 Å². The summed E-state index contributed by atoms with van der Waals surface area (Å²) in [5.41, 5.74) is 2.59. The molecule has 0 bridgehead atoms. The topological polar surface area (TPSA) is 77.1 Å². The second-order valence-corrected chi connectivity index (χ2v) is 8.06. The molecule has 0 radical (unpaired) electrons. The molecule has 2 atom stereocenters. The molecule has 2 fully saturated rings. The van der Waals surface area contributed by atoms with E-state index in [0.717, 1.165) is 45.2 Å². The monoisotopic (exact) mass is 356 g/mol. The minimum absolute atomic E-state index is 0.0912. The fourth-order valence-corrected chi connectivity index (χ4v) is 3.34. The molecule has 1 amide bonds. The maximum absolute atomic E-state index is 12.1. The highest BCUT2D eigenvalue weighted by Gasteiger charge is 2.30. The van der Waals surface area contributed by atoms with Gasteiger partial charge in [0.2, 0.25) is 0 Å². The summed E-state index contributed by atoms with van der Waals surface area (Å²) in [5.74, 6) is 0.391. The van der Waals surface area contributed by atoms with E-state index in [1.165, 1.54) is 7.11 Å². The lowest BCUT2D eigenvalue weighted by Crippen LogP contribution is -2.41. The number of carbonyl (C=O) groups is 2. The molecule has 0 spiro atoms. The lowest BCUT2D eigenvalue weighted by Gasteiger charge is -2.33. The first-order chi connectivity index (χ1) is 11.8. The fraction of sp³-hybridized carbons (Fsp3) is 0.889. The fourth-order valence-electron chi connectivity index (χ4n) is 3.34. The number of hydrogen-bond donors (Lipinski definition) is 1. The Balaban J connectivity index is 1.63. The van der Waals surface area contributed by atoms with Crippen molar-refractivity contribution in [1.29, 1.82) is 0 Å². The Labute approximate surface area is 150 Å². The van der Waals surface area contributed by atoms with Gasteiger partial charge in [-0.2, -0.15) is 5.48 Å². The molecule has 7 nitrogen and oxygen atoms in total. The molecule has 144 valence electrons. The number of methoxy groups -OCH3 is 1. The van der Waals surface area contributed by atoms with Crippen LogP contribution in [-0.4, -0.2) is 54.9 Å². The average molecular weight is 356 g/mol. The Bertz CT molecular complexity index is 455. The second-order valence-electron chi connectivity index (χ2n) is 8.06. The van der Waals surface area contributed by atoms with Crippen LogP contribution >= 0.6 is 0 Å². The van der Waals surface area contributed by atoms with Gasteiger partial charge in [0.05, 0.1) is 19.6 Å². The van der Waals surface area contributed by atoms with Crippen LogP contribution in [0.2, 0.25) is 0 Å². The number of piperidine rings is 1. The van der Waals surface area contributed by atoms with E-state index in [0.29, 0.717) is 18.4 Å². The highest BCUT2D eigenvalue weighted by Crippen LogP contribution is 2.26. The summed E-state index contributed by atoms with van der Waals surface area (Å²) in [6, 6.07) is 0.290. The van der Waals surface area contributed by atoms with Crippen molar-refractivity contribution in [1.82, 2.24) is 10.4 Å². The Kier molecular flexibility index (Phi) is 7.07. The van der Waals surface area contributed by atoms with Crippen LogP contribution in [0.15, 0.2) is 0 Å². The molecule has 2 saturated heterocycles. The van der Waals surface area contributed by atoms with E-state index in [1.807, 2.05) is 25.7 Å². The molecule has 0 aromatic rings. The van der Waals surface area contributed by atoms with Crippen molar-refractivity contribution in [3.05, 3.63) is 0 Å². The second kappa shape index (κ2) is 8.85. The first-order valence-electron chi connectivity index (χ1n) is 9.22. The summed E-state index contributed by atoms with van der Waals surface area (Å²) >= 11 is 0. The van der Waals surface area contributed by atoms with Crippen molar-refractivity contribution in [2.45, 2.75) is 77.0 Å². The number of hydrogen-bond acceptors (Lipinski definition) is 6. The van der Waals surface area contributed by atoms with Crippen molar-refractivity contribution >= 4 is 12.1 Å². The third-order valence-electron chi connectivity index (χ3n) is 4.76. The highest BCUT2D eigenvalue weighted by molar-refractivity contribution is 5.69. The van der Waals surface area contributed by atoms with E-state index in [9.17, 15) is 9.59 Å². The molecular formula is C18H32N2O5. The van der Waals surface area contributed by atoms with Crippen molar-refractivity contribution in [2.75, 3.05) is 20.2 Å². The van der Waals surface area contributed by atoms with E-state index < -0.39 is 5.60 Å². The number of amides is 1. The van der Waals surface area contributed by atoms with Crippen LogP contribution in [0.5, 0.6) is 0 Å². The molecule has 2 heterocycles. The van der Waals surface area contributed by atoms with Crippen molar-refractivity contribution in [2.24, 2.45) is 5.92 Å². The maximum Gasteiger partial charge on any atom is 0.410 e. The quantitative estimate of drug-likeness (QED) is 0.763. The summed E-state index contributed by atoms with van der Waals surface area (Å²) in [4.78, 5) is 30.6. The van der Waals surface area contributed by atoms with E-state index in [1.54, 1.807) is 0 Å². The molecule has 0 aliphatic carbocycles. The highest BCUT2D eigenvalue weighted by atomic mass is 16.7. The van der Waals surface area contributed by atoms with Crippen LogP contribution in [0.3, 0.4) is 0 Å². The summed E-state index contributed by atoms with van der Waals surface area (Å²) in [6.45, 7) is 7.20. The summed E-state index contributed by atoms with van der Waals surface area (Å²) in [5, 5.41) is 0. The number of hydroxylamine groups is 1. The van der Waals surface area contributed by atoms with Gasteiger partial charge in [-0.05, 0) is 58.8 Å². The van der Waals surface area contributed by atoms with Gasteiger partial charge in [-0.25, -0.2) is 4.79 Å². The largest absolute Gasteiger partial charge is 0.469 e. The number of carbonyl (C=O) groups excluding carboxylic acids is 2. The van der Waals surface area contributed by atoms with Crippen molar-refractivity contribution in [3.8, 4) is 0 Å². The SMILES string of the molecule is COC(=O)C[C@H]1C[C@H](CCC2CCN(C(=O)OC(C)(C)C)CC2)NO1. The summed E-state index contributed by atoms with van der Waals surface area (Å²) in [6.07, 6.45) is 4.99. The Morgan fingerprint density at radius 3 is 2.48 bits per heavy atom. The van der Waals surface area contributed by atoms with Crippen LogP contribution in [-0.2, 0) is 19.1 Å². The number of likely N-dealkylation sites (tertiary alicyclic amines) is 1. The maximum atomic E-state index is 12.1. The van der Waals surface area contributed by atoms with Gasteiger partial charge in [-0.15, -0.1) is 0 Å². The smallest absolute Gasteiger partial charge is 0.410 e. The standard InChI is InChI=1S/C18H32N2O5/c1-18(2,3)24-17(22)20-9-7-13(8-10-20)5-6-14-11-15(25-19-14)12-16(21)23-4/h13-15,19H,5-12H2,1-4H3/t14-,15+/m0/s1. The van der Waals surface area contributed by atoms with E-state index in [-0.39, 0.29) is 18.2 Å². The average Bonchev–Trinajstić information content (AvgIpc) is 2.99. The van der Waals surface area contributed by atoms with Crippen LogP contribution in [0.25, 0.3) is 0 Å².